The number of ether oxygens (including phenoxy) is 1. The number of rotatable bonds is 4. The lowest BCUT2D eigenvalue weighted by molar-refractivity contribution is 0.439. The fourth-order valence-electron chi connectivity index (χ4n) is 8.16. The number of benzene rings is 7. The van der Waals surface area contributed by atoms with Gasteiger partial charge in [0.15, 0.2) is 5.82 Å². The van der Waals surface area contributed by atoms with Crippen molar-refractivity contribution in [3.63, 3.8) is 0 Å². The first-order valence-corrected chi connectivity index (χ1v) is 17.4. The summed E-state index contributed by atoms with van der Waals surface area (Å²) in [6.07, 6.45) is 0. The number of aromatic nitrogens is 2. The monoisotopic (exact) mass is 663 g/mol. The van der Waals surface area contributed by atoms with E-state index in [1.165, 1.54) is 22.3 Å². The summed E-state index contributed by atoms with van der Waals surface area (Å²) in [4.78, 5) is 10.3. The maximum Gasteiger partial charge on any atom is 0.160 e. The van der Waals surface area contributed by atoms with Crippen LogP contribution in [0.2, 0.25) is 0 Å². The Kier molecular flexibility index (Phi) is 6.74. The smallest absolute Gasteiger partial charge is 0.160 e. The molecule has 0 atom stereocenters. The normalized spacial score (nSPS) is 12.9. The molecule has 2 aliphatic rings. The minimum atomic E-state index is -0.660. The Labute approximate surface area is 301 Å². The summed E-state index contributed by atoms with van der Waals surface area (Å²) in [6, 6.07) is 62.9. The quantitative estimate of drug-likeness (QED) is 0.188. The predicted octanol–water partition coefficient (Wildman–Crippen LogP) is 11.5. The molecule has 1 aromatic heterocycles. The van der Waals surface area contributed by atoms with Crippen molar-refractivity contribution in [3.05, 3.63) is 204 Å². The van der Waals surface area contributed by atoms with Crippen LogP contribution in [0.25, 0.3) is 56.2 Å². The molecule has 4 heteroatoms. The van der Waals surface area contributed by atoms with Gasteiger partial charge in [0.1, 0.15) is 11.5 Å². The van der Waals surface area contributed by atoms with Crippen molar-refractivity contribution in [2.45, 2.75) is 5.41 Å². The summed E-state index contributed by atoms with van der Waals surface area (Å²) in [5.41, 5.74) is 13.3. The van der Waals surface area contributed by atoms with Crippen molar-refractivity contribution in [2.75, 3.05) is 0 Å². The van der Waals surface area contributed by atoms with E-state index < -0.39 is 5.41 Å². The zero-order valence-corrected chi connectivity index (χ0v) is 28.0. The Morgan fingerprint density at radius 3 is 1.56 bits per heavy atom. The van der Waals surface area contributed by atoms with E-state index in [-0.39, 0.29) is 0 Å². The van der Waals surface area contributed by atoms with Gasteiger partial charge in [-0.15, -0.1) is 0 Å². The number of fused-ring (bicyclic) bond motifs is 9. The van der Waals surface area contributed by atoms with Crippen LogP contribution in [0, 0.1) is 11.3 Å². The van der Waals surface area contributed by atoms with Gasteiger partial charge in [0.2, 0.25) is 0 Å². The van der Waals surface area contributed by atoms with Crippen LogP contribution in [0.1, 0.15) is 27.8 Å². The molecule has 2 heterocycles. The lowest BCUT2D eigenvalue weighted by atomic mass is 9.65. The molecule has 7 aromatic carbocycles. The molecular weight excluding hydrogens is 635 g/mol. The summed E-state index contributed by atoms with van der Waals surface area (Å²) >= 11 is 0. The molecule has 0 radical (unpaired) electrons. The summed E-state index contributed by atoms with van der Waals surface area (Å²) in [7, 11) is 0. The number of nitriles is 1. The van der Waals surface area contributed by atoms with Gasteiger partial charge in [-0.05, 0) is 52.1 Å². The van der Waals surface area contributed by atoms with Crippen LogP contribution in [0.4, 0.5) is 0 Å². The highest BCUT2D eigenvalue weighted by molar-refractivity contribution is 5.92. The third-order valence-corrected chi connectivity index (χ3v) is 10.4. The minimum absolute atomic E-state index is 0.615. The van der Waals surface area contributed by atoms with Gasteiger partial charge in [-0.2, -0.15) is 5.26 Å². The molecule has 242 valence electrons. The Morgan fingerprint density at radius 1 is 0.423 bits per heavy atom. The Bertz CT molecular complexity index is 2610. The molecule has 8 aromatic rings. The van der Waals surface area contributed by atoms with Gasteiger partial charge < -0.3 is 4.74 Å². The number of nitrogens with zero attached hydrogens (tertiary/aromatic N) is 3. The predicted molar refractivity (Wildman–Crippen MR) is 206 cm³/mol. The van der Waals surface area contributed by atoms with Gasteiger partial charge in [0, 0.05) is 33.4 Å². The molecule has 0 saturated heterocycles. The average Bonchev–Trinajstić information content (AvgIpc) is 3.52. The highest BCUT2D eigenvalue weighted by atomic mass is 16.5. The lowest BCUT2D eigenvalue weighted by Gasteiger charge is -2.40. The molecule has 0 amide bonds. The van der Waals surface area contributed by atoms with Crippen molar-refractivity contribution in [1.29, 1.82) is 5.26 Å². The summed E-state index contributed by atoms with van der Waals surface area (Å²) in [5.74, 6) is 2.20. The number of hydrogen-bond donors (Lipinski definition) is 0. The standard InChI is InChI=1S/C48H29N3O/c49-30-31-25-27-32(28-26-31)35-19-11-23-41-45(35)52-46-38(44-29-43(33-13-3-1-4-14-33)50-47(51-44)34-15-5-2-6-16-34)20-12-24-42(46)48(41)39-21-9-7-17-36(39)37-18-8-10-22-40(37)48/h1-29H. The molecule has 0 N–H and O–H groups in total. The third-order valence-electron chi connectivity index (χ3n) is 10.4. The van der Waals surface area contributed by atoms with Crippen molar-refractivity contribution in [3.8, 4) is 73.7 Å². The molecule has 1 aliphatic carbocycles. The SMILES string of the molecule is N#Cc1ccc(-c2cccc3c2Oc2c(-c4cc(-c5ccccc5)nc(-c5ccccc5)n4)cccc2C32c3ccccc3-c3ccccc32)cc1. The molecule has 10 rings (SSSR count). The maximum atomic E-state index is 9.56. The van der Waals surface area contributed by atoms with E-state index in [2.05, 4.69) is 109 Å². The largest absolute Gasteiger partial charge is 0.455 e. The van der Waals surface area contributed by atoms with E-state index >= 15 is 0 Å². The van der Waals surface area contributed by atoms with Crippen molar-refractivity contribution >= 4 is 0 Å². The first-order chi connectivity index (χ1) is 25.7. The third kappa shape index (κ3) is 4.40. The Morgan fingerprint density at radius 2 is 0.923 bits per heavy atom. The average molecular weight is 664 g/mol. The second-order valence-corrected chi connectivity index (χ2v) is 13.2. The van der Waals surface area contributed by atoms with Crippen molar-refractivity contribution in [1.82, 2.24) is 9.97 Å². The number of para-hydroxylation sites is 2. The summed E-state index contributed by atoms with van der Waals surface area (Å²) in [5, 5.41) is 9.56. The zero-order chi connectivity index (χ0) is 34.6. The van der Waals surface area contributed by atoms with Crippen molar-refractivity contribution < 1.29 is 4.74 Å². The van der Waals surface area contributed by atoms with E-state index in [1.807, 2.05) is 72.8 Å². The molecule has 1 aliphatic heterocycles. The zero-order valence-electron chi connectivity index (χ0n) is 28.0. The molecule has 1 spiro atoms. The van der Waals surface area contributed by atoms with Crippen LogP contribution in [0.5, 0.6) is 11.5 Å². The first-order valence-electron chi connectivity index (χ1n) is 17.4. The van der Waals surface area contributed by atoms with Crippen molar-refractivity contribution in [2.24, 2.45) is 0 Å². The molecule has 0 saturated carbocycles. The van der Waals surface area contributed by atoms with Crippen LogP contribution in [0.15, 0.2) is 176 Å². The van der Waals surface area contributed by atoms with E-state index in [0.717, 1.165) is 61.8 Å². The number of hydrogen-bond acceptors (Lipinski definition) is 4. The molecular formula is C48H29N3O. The molecule has 52 heavy (non-hydrogen) atoms. The van der Waals surface area contributed by atoms with Crippen LogP contribution in [-0.2, 0) is 5.41 Å². The van der Waals surface area contributed by atoms with Gasteiger partial charge in [0.25, 0.3) is 0 Å². The fraction of sp³-hybridized carbons (Fsp3) is 0.0208. The first kappa shape index (κ1) is 29.8. The highest BCUT2D eigenvalue weighted by Crippen LogP contribution is 2.64. The second-order valence-electron chi connectivity index (χ2n) is 13.2. The van der Waals surface area contributed by atoms with Crippen LogP contribution >= 0.6 is 0 Å². The highest BCUT2D eigenvalue weighted by Gasteiger charge is 2.52. The van der Waals surface area contributed by atoms with Crippen LogP contribution in [-0.4, -0.2) is 9.97 Å². The molecule has 0 bridgehead atoms. The van der Waals surface area contributed by atoms with E-state index in [4.69, 9.17) is 14.7 Å². The molecule has 4 nitrogen and oxygen atoms in total. The summed E-state index contributed by atoms with van der Waals surface area (Å²) in [6.45, 7) is 0. The summed E-state index contributed by atoms with van der Waals surface area (Å²) < 4.78 is 7.29. The van der Waals surface area contributed by atoms with E-state index in [9.17, 15) is 5.26 Å². The van der Waals surface area contributed by atoms with Gasteiger partial charge >= 0.3 is 0 Å². The Hall–Kier alpha value is -7.09. The van der Waals surface area contributed by atoms with Gasteiger partial charge in [0.05, 0.1) is 28.4 Å². The van der Waals surface area contributed by atoms with Crippen LogP contribution in [0.3, 0.4) is 0 Å². The molecule has 0 fully saturated rings. The van der Waals surface area contributed by atoms with E-state index in [0.29, 0.717) is 11.4 Å². The Balaban J connectivity index is 1.29. The van der Waals surface area contributed by atoms with Crippen LogP contribution < -0.4 is 4.74 Å². The minimum Gasteiger partial charge on any atom is -0.455 e. The topological polar surface area (TPSA) is 58.8 Å². The fourth-order valence-corrected chi connectivity index (χ4v) is 8.16. The molecule has 0 unspecified atom stereocenters. The lowest BCUT2D eigenvalue weighted by Crippen LogP contribution is -2.32. The maximum absolute atomic E-state index is 9.56. The van der Waals surface area contributed by atoms with Gasteiger partial charge in [-0.1, -0.05) is 152 Å². The van der Waals surface area contributed by atoms with Gasteiger partial charge in [-0.25, -0.2) is 9.97 Å². The van der Waals surface area contributed by atoms with E-state index in [1.54, 1.807) is 0 Å². The second kappa shape index (κ2) is 11.8. The van der Waals surface area contributed by atoms with Gasteiger partial charge in [-0.3, -0.25) is 0 Å².